The Hall–Kier alpha value is -1.62. The summed E-state index contributed by atoms with van der Waals surface area (Å²) in [6.45, 7) is 0. The minimum atomic E-state index is -1.34. The third kappa shape index (κ3) is 2.92. The maximum atomic E-state index is 13.3. The van der Waals surface area contributed by atoms with Crippen LogP contribution in [-0.4, -0.2) is 23.3 Å². The first-order chi connectivity index (χ1) is 7.04. The van der Waals surface area contributed by atoms with E-state index in [-0.39, 0.29) is 5.56 Å². The zero-order valence-electron chi connectivity index (χ0n) is 8.11. The van der Waals surface area contributed by atoms with Gasteiger partial charge in [-0.05, 0) is 12.1 Å². The average molecular weight is 214 g/mol. The molecule has 0 amide bonds. The van der Waals surface area contributed by atoms with Gasteiger partial charge in [0, 0.05) is 11.6 Å². The Morgan fingerprint density at radius 3 is 2.73 bits per heavy atom. The van der Waals surface area contributed by atoms with Gasteiger partial charge in [0.2, 0.25) is 0 Å². The summed E-state index contributed by atoms with van der Waals surface area (Å²) in [7, 11) is 1.39. The van der Waals surface area contributed by atoms with E-state index in [1.165, 1.54) is 19.2 Å². The zero-order valence-corrected chi connectivity index (χ0v) is 8.11. The summed E-state index contributed by atoms with van der Waals surface area (Å²) in [5.41, 5.74) is -0.0433. The highest BCUT2D eigenvalue weighted by atomic mass is 19.1. The van der Waals surface area contributed by atoms with E-state index in [0.717, 1.165) is 6.07 Å². The van der Waals surface area contributed by atoms with Crippen LogP contribution in [0.2, 0.25) is 0 Å². The van der Waals surface area contributed by atoms with Crippen LogP contribution < -0.4 is 4.74 Å². The molecule has 2 N–H and O–H groups in total. The van der Waals surface area contributed by atoms with E-state index < -0.39 is 24.3 Å². The number of aliphatic hydroxyl groups excluding tert-OH is 1. The molecule has 1 atom stereocenters. The van der Waals surface area contributed by atoms with Crippen LogP contribution in [0.4, 0.5) is 4.39 Å². The summed E-state index contributed by atoms with van der Waals surface area (Å²) in [6.07, 6.45) is -1.86. The molecule has 0 saturated heterocycles. The van der Waals surface area contributed by atoms with Crippen molar-refractivity contribution >= 4 is 5.97 Å². The van der Waals surface area contributed by atoms with Gasteiger partial charge < -0.3 is 14.9 Å². The Bertz CT molecular complexity index is 364. The number of methoxy groups -OCH3 is 1. The van der Waals surface area contributed by atoms with Gasteiger partial charge in [-0.3, -0.25) is 4.79 Å². The molecule has 0 fully saturated rings. The van der Waals surface area contributed by atoms with Gasteiger partial charge in [0.1, 0.15) is 11.6 Å². The maximum absolute atomic E-state index is 13.3. The molecule has 5 heteroatoms. The van der Waals surface area contributed by atoms with Crippen molar-refractivity contribution in [2.45, 2.75) is 12.5 Å². The van der Waals surface area contributed by atoms with Crippen LogP contribution in [0.3, 0.4) is 0 Å². The number of benzene rings is 1. The molecule has 15 heavy (non-hydrogen) atoms. The number of halogens is 1. The molecule has 0 heterocycles. The average Bonchev–Trinajstić information content (AvgIpc) is 2.16. The largest absolute Gasteiger partial charge is 0.497 e. The van der Waals surface area contributed by atoms with Crippen LogP contribution in [0.15, 0.2) is 18.2 Å². The number of carboxylic acid groups (broad SMARTS) is 1. The first kappa shape index (κ1) is 11.5. The second-order valence-electron chi connectivity index (χ2n) is 3.00. The lowest BCUT2D eigenvalue weighted by Gasteiger charge is -2.10. The second kappa shape index (κ2) is 4.75. The third-order valence-electron chi connectivity index (χ3n) is 1.93. The summed E-state index contributed by atoms with van der Waals surface area (Å²) in [6, 6.07) is 3.87. The van der Waals surface area contributed by atoms with Crippen LogP contribution in [-0.2, 0) is 4.79 Å². The number of carbonyl (C=O) groups is 1. The van der Waals surface area contributed by atoms with Crippen molar-refractivity contribution in [3.8, 4) is 5.75 Å². The number of carboxylic acids is 1. The van der Waals surface area contributed by atoms with E-state index in [9.17, 15) is 14.3 Å². The Labute approximate surface area is 85.9 Å². The fraction of sp³-hybridized carbons (Fsp3) is 0.300. The molecule has 0 aliphatic heterocycles. The normalized spacial score (nSPS) is 12.2. The highest BCUT2D eigenvalue weighted by molar-refractivity contribution is 5.67. The molecule has 0 aliphatic rings. The molecule has 0 aliphatic carbocycles. The van der Waals surface area contributed by atoms with Crippen molar-refractivity contribution in [2.24, 2.45) is 0 Å². The van der Waals surface area contributed by atoms with Gasteiger partial charge in [0.05, 0.1) is 19.6 Å². The molecule has 1 rings (SSSR count). The lowest BCUT2D eigenvalue weighted by Crippen LogP contribution is -2.07. The Kier molecular flexibility index (Phi) is 3.62. The quantitative estimate of drug-likeness (QED) is 0.793. The van der Waals surface area contributed by atoms with Crippen molar-refractivity contribution in [1.29, 1.82) is 0 Å². The minimum absolute atomic E-state index is 0.0433. The summed E-state index contributed by atoms with van der Waals surface area (Å²) < 4.78 is 18.1. The fourth-order valence-corrected chi connectivity index (χ4v) is 1.18. The molecule has 82 valence electrons. The van der Waals surface area contributed by atoms with Crippen molar-refractivity contribution in [3.05, 3.63) is 29.6 Å². The number of hydrogen-bond donors (Lipinski definition) is 2. The molecule has 0 bridgehead atoms. The highest BCUT2D eigenvalue weighted by Gasteiger charge is 2.16. The fourth-order valence-electron chi connectivity index (χ4n) is 1.18. The number of aliphatic hydroxyl groups is 1. The van der Waals surface area contributed by atoms with Gasteiger partial charge in [0.25, 0.3) is 0 Å². The summed E-state index contributed by atoms with van der Waals surface area (Å²) in [5, 5.41) is 17.8. The topological polar surface area (TPSA) is 66.8 Å². The van der Waals surface area contributed by atoms with Crippen LogP contribution in [0.25, 0.3) is 0 Å². The molecule has 0 unspecified atom stereocenters. The van der Waals surface area contributed by atoms with Crippen molar-refractivity contribution in [2.75, 3.05) is 7.11 Å². The lowest BCUT2D eigenvalue weighted by atomic mass is 10.1. The predicted octanol–water partition coefficient (Wildman–Crippen LogP) is 1.34. The van der Waals surface area contributed by atoms with Crippen LogP contribution in [0, 0.1) is 5.82 Å². The molecule has 4 nitrogen and oxygen atoms in total. The van der Waals surface area contributed by atoms with E-state index in [1.54, 1.807) is 0 Å². The van der Waals surface area contributed by atoms with E-state index in [4.69, 9.17) is 9.84 Å². The van der Waals surface area contributed by atoms with Gasteiger partial charge in [-0.25, -0.2) is 4.39 Å². The number of aliphatic carboxylic acids is 1. The monoisotopic (exact) mass is 214 g/mol. The first-order valence-corrected chi connectivity index (χ1v) is 4.28. The third-order valence-corrected chi connectivity index (χ3v) is 1.93. The van der Waals surface area contributed by atoms with Crippen molar-refractivity contribution in [3.63, 3.8) is 0 Å². The smallest absolute Gasteiger partial charge is 0.306 e. The van der Waals surface area contributed by atoms with Crippen LogP contribution in [0.1, 0.15) is 18.1 Å². The minimum Gasteiger partial charge on any atom is -0.497 e. The molecule has 1 aromatic rings. The molecule has 0 spiro atoms. The van der Waals surface area contributed by atoms with Gasteiger partial charge >= 0.3 is 5.97 Å². The SMILES string of the molecule is COc1ccc([C@@H](O)CC(=O)O)c(F)c1. The van der Waals surface area contributed by atoms with Gasteiger partial charge in [-0.2, -0.15) is 0 Å². The van der Waals surface area contributed by atoms with E-state index in [0.29, 0.717) is 5.75 Å². The molecule has 0 saturated carbocycles. The number of ether oxygens (including phenoxy) is 1. The van der Waals surface area contributed by atoms with E-state index >= 15 is 0 Å². The molecule has 0 radical (unpaired) electrons. The van der Waals surface area contributed by atoms with E-state index in [2.05, 4.69) is 0 Å². The summed E-state index contributed by atoms with van der Waals surface area (Å²) in [5.74, 6) is -1.54. The van der Waals surface area contributed by atoms with Gasteiger partial charge in [-0.1, -0.05) is 0 Å². The Morgan fingerprint density at radius 1 is 1.60 bits per heavy atom. The van der Waals surface area contributed by atoms with E-state index in [1.807, 2.05) is 0 Å². The highest BCUT2D eigenvalue weighted by Crippen LogP contribution is 2.23. The molecular formula is C10H11FO4. The zero-order chi connectivity index (χ0) is 11.4. The first-order valence-electron chi connectivity index (χ1n) is 4.28. The lowest BCUT2D eigenvalue weighted by molar-refractivity contribution is -0.139. The molecule has 1 aromatic carbocycles. The number of rotatable bonds is 4. The van der Waals surface area contributed by atoms with Gasteiger partial charge in [0.15, 0.2) is 0 Å². The second-order valence-corrected chi connectivity index (χ2v) is 3.00. The summed E-state index contributed by atoms with van der Waals surface area (Å²) >= 11 is 0. The number of hydrogen-bond acceptors (Lipinski definition) is 3. The van der Waals surface area contributed by atoms with Crippen molar-refractivity contribution < 1.29 is 24.1 Å². The van der Waals surface area contributed by atoms with Crippen LogP contribution >= 0.6 is 0 Å². The molecule has 0 aromatic heterocycles. The predicted molar refractivity (Wildman–Crippen MR) is 50.2 cm³/mol. The Balaban J connectivity index is 2.90. The Morgan fingerprint density at radius 2 is 2.27 bits per heavy atom. The maximum Gasteiger partial charge on any atom is 0.306 e. The molecular weight excluding hydrogens is 203 g/mol. The summed E-state index contributed by atoms with van der Waals surface area (Å²) in [4.78, 5) is 10.3. The van der Waals surface area contributed by atoms with Crippen LogP contribution in [0.5, 0.6) is 5.75 Å². The van der Waals surface area contributed by atoms with Gasteiger partial charge in [-0.15, -0.1) is 0 Å². The standard InChI is InChI=1S/C10H11FO4/c1-15-6-2-3-7(8(11)4-6)9(12)5-10(13)14/h2-4,9,12H,5H2,1H3,(H,13,14)/t9-/m0/s1. The van der Waals surface area contributed by atoms with Crippen molar-refractivity contribution in [1.82, 2.24) is 0 Å².